The van der Waals surface area contributed by atoms with Gasteiger partial charge in [-0.2, -0.15) is 0 Å². The van der Waals surface area contributed by atoms with E-state index in [1.54, 1.807) is 13.2 Å². The summed E-state index contributed by atoms with van der Waals surface area (Å²) in [5, 5.41) is 6.06. The maximum Gasteiger partial charge on any atom is 0.250 e. The average Bonchev–Trinajstić information content (AvgIpc) is 2.66. The normalized spacial score (nSPS) is 11.9. The van der Waals surface area contributed by atoms with Crippen molar-refractivity contribution in [2.45, 2.75) is 26.2 Å². The predicted molar refractivity (Wildman–Crippen MR) is 119 cm³/mol. The molecule has 1 atom stereocenters. The predicted octanol–water partition coefficient (Wildman–Crippen LogP) is 5.50. The van der Waals surface area contributed by atoms with Gasteiger partial charge in [-0.1, -0.05) is 48.0 Å². The van der Waals surface area contributed by atoms with Gasteiger partial charge in [0.05, 0.1) is 7.11 Å². The van der Waals surface area contributed by atoms with E-state index in [0.717, 1.165) is 22.1 Å². The number of hydrogen-bond acceptors (Lipinski definition) is 3. The molecule has 0 heterocycles. The van der Waals surface area contributed by atoms with Gasteiger partial charge in [0.2, 0.25) is 5.91 Å². The molecule has 2 aromatic rings. The highest BCUT2D eigenvalue weighted by Crippen LogP contribution is 2.26. The van der Waals surface area contributed by atoms with Gasteiger partial charge in [-0.25, -0.2) is 0 Å². The van der Waals surface area contributed by atoms with E-state index < -0.39 is 0 Å². The van der Waals surface area contributed by atoms with E-state index in [9.17, 15) is 4.79 Å². The summed E-state index contributed by atoms with van der Waals surface area (Å²) in [7, 11) is 1.59. The first-order valence-electron chi connectivity index (χ1n) is 8.67. The summed E-state index contributed by atoms with van der Waals surface area (Å²) in [6, 6.07) is 13.6. The molecule has 6 heteroatoms. The van der Waals surface area contributed by atoms with Crippen LogP contribution in [-0.2, 0) is 4.79 Å². The van der Waals surface area contributed by atoms with Gasteiger partial charge in [0.25, 0.3) is 0 Å². The van der Waals surface area contributed by atoms with Crippen LogP contribution in [0.2, 0.25) is 0 Å². The molecule has 1 amide bonds. The molecule has 2 rings (SSSR count). The third-order valence-electron chi connectivity index (χ3n) is 4.20. The number of carbonyl (C=O) groups is 1. The molecule has 0 aromatic heterocycles. The fourth-order valence-corrected chi connectivity index (χ4v) is 3.16. The first-order chi connectivity index (χ1) is 12.9. The van der Waals surface area contributed by atoms with Crippen LogP contribution in [0.15, 0.2) is 53.0 Å². The number of para-hydroxylation sites is 1. The molecule has 0 saturated heterocycles. The monoisotopic (exact) mass is 446 g/mol. The summed E-state index contributed by atoms with van der Waals surface area (Å²) in [6.45, 7) is 4.30. The number of anilines is 1. The molecule has 0 saturated carbocycles. The Morgan fingerprint density at radius 3 is 2.74 bits per heavy atom. The molecule has 142 valence electrons. The Kier molecular flexibility index (Phi) is 8.00. The van der Waals surface area contributed by atoms with Crippen molar-refractivity contribution in [3.05, 3.63) is 64.1 Å². The molecular weight excluding hydrogens is 424 g/mol. The van der Waals surface area contributed by atoms with Gasteiger partial charge in [0, 0.05) is 21.8 Å². The molecule has 0 bridgehead atoms. The Morgan fingerprint density at radius 1 is 1.30 bits per heavy atom. The highest BCUT2D eigenvalue weighted by Gasteiger charge is 2.10. The van der Waals surface area contributed by atoms with E-state index in [4.69, 9.17) is 17.0 Å². The maximum absolute atomic E-state index is 12.2. The zero-order chi connectivity index (χ0) is 19.8. The van der Waals surface area contributed by atoms with Crippen LogP contribution in [0, 0.1) is 0 Å². The second kappa shape index (κ2) is 10.2. The molecule has 0 aliphatic rings. The Hall–Kier alpha value is -2.18. The molecule has 0 fully saturated rings. The minimum absolute atomic E-state index is 0.265. The third-order valence-corrected chi connectivity index (χ3v) is 4.89. The molecule has 2 aromatic carbocycles. The summed E-state index contributed by atoms with van der Waals surface area (Å²) in [5.41, 5.74) is 2.88. The second-order valence-electron chi connectivity index (χ2n) is 6.06. The quantitative estimate of drug-likeness (QED) is 0.454. The maximum atomic E-state index is 12.2. The average molecular weight is 447 g/mol. The Balaban J connectivity index is 2.03. The van der Waals surface area contributed by atoms with Crippen LogP contribution < -0.4 is 15.4 Å². The number of amides is 1. The zero-order valence-corrected chi connectivity index (χ0v) is 18.0. The van der Waals surface area contributed by atoms with Crippen molar-refractivity contribution in [1.82, 2.24) is 5.32 Å². The molecule has 27 heavy (non-hydrogen) atoms. The van der Waals surface area contributed by atoms with Crippen molar-refractivity contribution in [3.8, 4) is 5.75 Å². The van der Waals surface area contributed by atoms with Crippen LogP contribution in [0.5, 0.6) is 5.75 Å². The van der Waals surface area contributed by atoms with Gasteiger partial charge < -0.3 is 10.1 Å². The molecule has 1 unspecified atom stereocenters. The number of thiocarbonyl (C=S) groups is 1. The zero-order valence-electron chi connectivity index (χ0n) is 15.6. The largest absolute Gasteiger partial charge is 0.496 e. The fourth-order valence-electron chi connectivity index (χ4n) is 2.57. The molecular formula is C21H23BrN2O2S. The van der Waals surface area contributed by atoms with Gasteiger partial charge in [-0.15, -0.1) is 0 Å². The summed E-state index contributed by atoms with van der Waals surface area (Å²) in [6.07, 6.45) is 4.14. The van der Waals surface area contributed by atoms with Gasteiger partial charge in [0.1, 0.15) is 5.75 Å². The number of hydrogen-bond donors (Lipinski definition) is 2. The van der Waals surface area contributed by atoms with E-state index in [1.165, 1.54) is 11.6 Å². The van der Waals surface area contributed by atoms with Crippen molar-refractivity contribution >= 4 is 50.9 Å². The highest BCUT2D eigenvalue weighted by molar-refractivity contribution is 9.10. The van der Waals surface area contributed by atoms with Gasteiger partial charge in [-0.3, -0.25) is 10.1 Å². The number of rotatable bonds is 6. The summed E-state index contributed by atoms with van der Waals surface area (Å²) >= 11 is 8.70. The van der Waals surface area contributed by atoms with E-state index in [2.05, 4.69) is 46.5 Å². The minimum Gasteiger partial charge on any atom is -0.496 e. The van der Waals surface area contributed by atoms with Crippen LogP contribution in [0.25, 0.3) is 6.08 Å². The smallest absolute Gasteiger partial charge is 0.250 e. The molecule has 0 radical (unpaired) electrons. The third kappa shape index (κ3) is 6.19. The van der Waals surface area contributed by atoms with Gasteiger partial charge in [-0.05, 0) is 60.5 Å². The molecule has 0 spiro atoms. The van der Waals surface area contributed by atoms with Crippen LogP contribution in [0.4, 0.5) is 5.69 Å². The van der Waals surface area contributed by atoms with E-state index in [-0.39, 0.29) is 11.0 Å². The summed E-state index contributed by atoms with van der Waals surface area (Å²) in [5.74, 6) is 0.775. The number of methoxy groups -OCH3 is 1. The van der Waals surface area contributed by atoms with Crippen LogP contribution in [-0.4, -0.2) is 18.1 Å². The lowest BCUT2D eigenvalue weighted by atomic mass is 9.97. The first kappa shape index (κ1) is 21.1. The van der Waals surface area contributed by atoms with E-state index in [1.807, 2.05) is 36.4 Å². The topological polar surface area (TPSA) is 50.4 Å². The van der Waals surface area contributed by atoms with Crippen molar-refractivity contribution in [2.24, 2.45) is 0 Å². The molecule has 2 N–H and O–H groups in total. The Labute approximate surface area is 174 Å². The molecule has 0 aliphatic heterocycles. The van der Waals surface area contributed by atoms with Crippen LogP contribution in [0.1, 0.15) is 37.3 Å². The SMILES string of the molecule is CCC(C)c1ccccc1NC(=S)NC(=O)/C=C/c1cc(Br)ccc1OC. The summed E-state index contributed by atoms with van der Waals surface area (Å²) < 4.78 is 6.20. The first-order valence-corrected chi connectivity index (χ1v) is 9.87. The molecule has 4 nitrogen and oxygen atoms in total. The van der Waals surface area contributed by atoms with Crippen molar-refractivity contribution in [3.63, 3.8) is 0 Å². The van der Waals surface area contributed by atoms with Gasteiger partial charge in [0.15, 0.2) is 5.11 Å². The highest BCUT2D eigenvalue weighted by atomic mass is 79.9. The van der Waals surface area contributed by atoms with E-state index in [0.29, 0.717) is 11.7 Å². The van der Waals surface area contributed by atoms with E-state index >= 15 is 0 Å². The number of halogens is 1. The minimum atomic E-state index is -0.310. The fraction of sp³-hybridized carbons (Fsp3) is 0.238. The van der Waals surface area contributed by atoms with Crippen molar-refractivity contribution < 1.29 is 9.53 Å². The Bertz CT molecular complexity index is 852. The second-order valence-corrected chi connectivity index (χ2v) is 7.38. The molecule has 0 aliphatic carbocycles. The van der Waals surface area contributed by atoms with Crippen LogP contribution in [0.3, 0.4) is 0 Å². The Morgan fingerprint density at radius 2 is 2.04 bits per heavy atom. The lowest BCUT2D eigenvalue weighted by Crippen LogP contribution is -2.33. The number of carbonyl (C=O) groups excluding carboxylic acids is 1. The van der Waals surface area contributed by atoms with Crippen molar-refractivity contribution in [2.75, 3.05) is 12.4 Å². The summed E-state index contributed by atoms with van der Waals surface area (Å²) in [4.78, 5) is 12.2. The standard InChI is InChI=1S/C21H23BrN2O2S/c1-4-14(2)17-7-5-6-8-18(17)23-21(27)24-20(25)12-9-15-13-16(22)10-11-19(15)26-3/h5-14H,4H2,1-3H3,(H2,23,24,25,27)/b12-9+. The number of benzene rings is 2. The van der Waals surface area contributed by atoms with Crippen molar-refractivity contribution in [1.29, 1.82) is 0 Å². The number of ether oxygens (including phenoxy) is 1. The lowest BCUT2D eigenvalue weighted by molar-refractivity contribution is -0.115. The van der Waals surface area contributed by atoms with Crippen LogP contribution >= 0.6 is 28.1 Å². The van der Waals surface area contributed by atoms with Gasteiger partial charge >= 0.3 is 0 Å². The lowest BCUT2D eigenvalue weighted by Gasteiger charge is -2.16. The number of nitrogens with one attached hydrogen (secondary N) is 2.